The minimum atomic E-state index is -0.673. The van der Waals surface area contributed by atoms with Gasteiger partial charge in [0.05, 0.1) is 30.5 Å². The number of ether oxygens (including phenoxy) is 2. The first kappa shape index (κ1) is 20.5. The topological polar surface area (TPSA) is 94.1 Å². The Hall–Kier alpha value is -3.81. The van der Waals surface area contributed by atoms with E-state index in [9.17, 15) is 4.79 Å². The van der Waals surface area contributed by atoms with Crippen molar-refractivity contribution < 1.29 is 14.3 Å². The molecule has 0 aliphatic heterocycles. The Morgan fingerprint density at radius 1 is 1.16 bits per heavy atom. The lowest BCUT2D eigenvalue weighted by Crippen LogP contribution is -2.39. The van der Waals surface area contributed by atoms with Crippen LogP contribution >= 0.6 is 0 Å². The number of nitrogens with zero attached hydrogens (tertiary/aromatic N) is 3. The second kappa shape index (κ2) is 9.34. The van der Waals surface area contributed by atoms with Gasteiger partial charge in [-0.25, -0.2) is 9.97 Å². The summed E-state index contributed by atoms with van der Waals surface area (Å²) in [4.78, 5) is 25.0. The number of rotatable bonds is 9. The average molecular weight is 419 g/mol. The maximum atomic E-state index is 12.9. The first-order chi connectivity index (χ1) is 15.1. The summed E-state index contributed by atoms with van der Waals surface area (Å²) in [5, 5.41) is 3.08. The second-order valence-corrected chi connectivity index (χ2v) is 7.23. The van der Waals surface area contributed by atoms with Crippen LogP contribution in [0.15, 0.2) is 67.3 Å². The van der Waals surface area contributed by atoms with Crippen molar-refractivity contribution in [3.63, 3.8) is 0 Å². The standard InChI is InChI=1S/C23H25N5O3/c1-16(31-18-9-7-17(30-2)8-10-18)23(29)27-21(11-13-28-14-12-24-15-28)22-25-19-5-3-4-6-20(19)26-22/h3-10,12,14-16,21H,11,13H2,1-2H3,(H,25,26)(H,27,29)/t16-,21-/m0/s1. The Morgan fingerprint density at radius 2 is 1.94 bits per heavy atom. The molecule has 31 heavy (non-hydrogen) atoms. The number of carbonyl (C=O) groups is 1. The molecule has 2 aromatic heterocycles. The van der Waals surface area contributed by atoms with Crippen molar-refractivity contribution in [2.45, 2.75) is 32.0 Å². The highest BCUT2D eigenvalue weighted by molar-refractivity contribution is 5.81. The second-order valence-electron chi connectivity index (χ2n) is 7.23. The third-order valence-electron chi connectivity index (χ3n) is 5.03. The minimum absolute atomic E-state index is 0.216. The van der Waals surface area contributed by atoms with E-state index < -0.39 is 6.10 Å². The lowest BCUT2D eigenvalue weighted by molar-refractivity contribution is -0.128. The molecule has 8 nitrogen and oxygen atoms in total. The molecule has 4 aromatic rings. The van der Waals surface area contributed by atoms with Crippen molar-refractivity contribution >= 4 is 16.9 Å². The molecule has 0 saturated carbocycles. The van der Waals surface area contributed by atoms with E-state index in [0.29, 0.717) is 24.5 Å². The zero-order valence-corrected chi connectivity index (χ0v) is 17.5. The third-order valence-corrected chi connectivity index (χ3v) is 5.03. The molecule has 2 N–H and O–H groups in total. The Bertz CT molecular complexity index is 1090. The molecule has 0 aliphatic rings. The zero-order valence-electron chi connectivity index (χ0n) is 17.5. The molecule has 8 heteroatoms. The highest BCUT2D eigenvalue weighted by atomic mass is 16.5. The van der Waals surface area contributed by atoms with Crippen LogP contribution in [0.1, 0.15) is 25.2 Å². The number of hydrogen-bond acceptors (Lipinski definition) is 5. The molecule has 0 saturated heterocycles. The van der Waals surface area contributed by atoms with E-state index in [4.69, 9.17) is 9.47 Å². The smallest absolute Gasteiger partial charge is 0.261 e. The van der Waals surface area contributed by atoms with E-state index in [1.165, 1.54) is 0 Å². The fourth-order valence-corrected chi connectivity index (χ4v) is 3.31. The Morgan fingerprint density at radius 3 is 2.65 bits per heavy atom. The summed E-state index contributed by atoms with van der Waals surface area (Å²) >= 11 is 0. The third kappa shape index (κ3) is 5.03. The summed E-state index contributed by atoms with van der Waals surface area (Å²) < 4.78 is 12.9. The van der Waals surface area contributed by atoms with Gasteiger partial charge in [0.15, 0.2) is 6.10 Å². The van der Waals surface area contributed by atoms with Gasteiger partial charge in [0, 0.05) is 18.9 Å². The Kier molecular flexibility index (Phi) is 6.16. The van der Waals surface area contributed by atoms with Gasteiger partial charge < -0.3 is 24.3 Å². The van der Waals surface area contributed by atoms with Gasteiger partial charge in [-0.15, -0.1) is 0 Å². The van der Waals surface area contributed by atoms with Crippen molar-refractivity contribution in [2.75, 3.05) is 7.11 Å². The number of imidazole rings is 2. The van der Waals surface area contributed by atoms with E-state index in [0.717, 1.165) is 16.8 Å². The monoisotopic (exact) mass is 419 g/mol. The number of aromatic nitrogens is 4. The summed E-state index contributed by atoms with van der Waals surface area (Å²) in [6.45, 7) is 2.42. The molecule has 1 amide bonds. The first-order valence-electron chi connectivity index (χ1n) is 10.1. The number of fused-ring (bicyclic) bond motifs is 1. The van der Waals surface area contributed by atoms with Crippen molar-refractivity contribution in [3.05, 3.63) is 73.1 Å². The fourth-order valence-electron chi connectivity index (χ4n) is 3.31. The lowest BCUT2D eigenvalue weighted by atomic mass is 10.1. The number of methoxy groups -OCH3 is 1. The molecule has 0 radical (unpaired) electrons. The van der Waals surface area contributed by atoms with Crippen molar-refractivity contribution in [2.24, 2.45) is 0 Å². The van der Waals surface area contributed by atoms with Crippen LogP contribution in [0.3, 0.4) is 0 Å². The number of carbonyl (C=O) groups excluding carboxylic acids is 1. The maximum Gasteiger partial charge on any atom is 0.261 e. The molecule has 4 rings (SSSR count). The molecule has 0 bridgehead atoms. The van der Waals surface area contributed by atoms with Crippen molar-refractivity contribution in [1.82, 2.24) is 24.8 Å². The van der Waals surface area contributed by atoms with Gasteiger partial charge >= 0.3 is 0 Å². The van der Waals surface area contributed by atoms with Gasteiger partial charge in [-0.2, -0.15) is 0 Å². The van der Waals surface area contributed by atoms with Gasteiger partial charge in [0.2, 0.25) is 0 Å². The van der Waals surface area contributed by atoms with E-state index in [2.05, 4.69) is 20.3 Å². The molecule has 0 aliphatic carbocycles. The first-order valence-corrected chi connectivity index (χ1v) is 10.1. The van der Waals surface area contributed by atoms with E-state index >= 15 is 0 Å². The largest absolute Gasteiger partial charge is 0.497 e. The van der Waals surface area contributed by atoms with Crippen LogP contribution in [0, 0.1) is 0 Å². The quantitative estimate of drug-likeness (QED) is 0.433. The van der Waals surface area contributed by atoms with Gasteiger partial charge in [-0.1, -0.05) is 12.1 Å². The number of para-hydroxylation sites is 2. The lowest BCUT2D eigenvalue weighted by Gasteiger charge is -2.20. The van der Waals surface area contributed by atoms with Gasteiger partial charge in [0.25, 0.3) is 5.91 Å². The molecule has 0 unspecified atom stereocenters. The van der Waals surface area contributed by atoms with Crippen LogP contribution in [0.25, 0.3) is 11.0 Å². The van der Waals surface area contributed by atoms with E-state index in [1.54, 1.807) is 50.8 Å². The zero-order chi connectivity index (χ0) is 21.6. The number of aryl methyl sites for hydroxylation is 1. The summed E-state index contributed by atoms with van der Waals surface area (Å²) in [6, 6.07) is 14.6. The summed E-state index contributed by atoms with van der Waals surface area (Å²) in [5.74, 6) is 1.83. The molecule has 2 aromatic carbocycles. The molecule has 160 valence electrons. The molecule has 2 heterocycles. The SMILES string of the molecule is COc1ccc(O[C@@H](C)C(=O)N[C@@H](CCn2ccnc2)c2nc3ccccc3[nH]2)cc1. The van der Waals surface area contributed by atoms with E-state index in [1.807, 2.05) is 35.0 Å². The number of amides is 1. The Balaban J connectivity index is 1.47. The van der Waals surface area contributed by atoms with Gasteiger partial charge in [0.1, 0.15) is 17.3 Å². The number of nitrogens with one attached hydrogen (secondary N) is 2. The minimum Gasteiger partial charge on any atom is -0.497 e. The molecular formula is C23H25N5O3. The van der Waals surface area contributed by atoms with E-state index in [-0.39, 0.29) is 11.9 Å². The average Bonchev–Trinajstić information content (AvgIpc) is 3.46. The van der Waals surface area contributed by atoms with Crippen LogP contribution in [-0.4, -0.2) is 38.6 Å². The van der Waals surface area contributed by atoms with Gasteiger partial charge in [-0.05, 0) is 49.7 Å². The fraction of sp³-hybridized carbons (Fsp3) is 0.261. The molecule has 0 fully saturated rings. The van der Waals surface area contributed by atoms with Crippen LogP contribution in [0.2, 0.25) is 0 Å². The molecule has 0 spiro atoms. The number of benzene rings is 2. The highest BCUT2D eigenvalue weighted by Crippen LogP contribution is 2.21. The van der Waals surface area contributed by atoms with Crippen LogP contribution in [0.4, 0.5) is 0 Å². The number of H-pyrrole nitrogens is 1. The summed E-state index contributed by atoms with van der Waals surface area (Å²) in [7, 11) is 1.61. The van der Waals surface area contributed by atoms with Gasteiger partial charge in [-0.3, -0.25) is 4.79 Å². The molecular weight excluding hydrogens is 394 g/mol. The number of aromatic amines is 1. The maximum absolute atomic E-state index is 12.9. The van der Waals surface area contributed by atoms with Crippen LogP contribution in [0.5, 0.6) is 11.5 Å². The van der Waals surface area contributed by atoms with Crippen LogP contribution < -0.4 is 14.8 Å². The Labute approximate surface area is 180 Å². The predicted molar refractivity (Wildman–Crippen MR) is 117 cm³/mol. The van der Waals surface area contributed by atoms with Crippen LogP contribution in [-0.2, 0) is 11.3 Å². The van der Waals surface area contributed by atoms with Crippen molar-refractivity contribution in [3.8, 4) is 11.5 Å². The predicted octanol–water partition coefficient (Wildman–Crippen LogP) is 3.48. The summed E-state index contributed by atoms with van der Waals surface area (Å²) in [6.07, 6.45) is 5.37. The summed E-state index contributed by atoms with van der Waals surface area (Å²) in [5.41, 5.74) is 1.80. The molecule has 2 atom stereocenters. The highest BCUT2D eigenvalue weighted by Gasteiger charge is 2.23. The van der Waals surface area contributed by atoms with Crippen molar-refractivity contribution in [1.29, 1.82) is 0 Å². The normalized spacial score (nSPS) is 13.0. The number of hydrogen-bond donors (Lipinski definition) is 2.